The molecule has 0 aromatic heterocycles. The van der Waals surface area contributed by atoms with Gasteiger partial charge in [0.15, 0.2) is 0 Å². The Labute approximate surface area is 140 Å². The number of benzene rings is 1. The molecule has 0 radical (unpaired) electrons. The molecule has 1 aromatic carbocycles. The number of aliphatic hydroxyl groups excluding tert-OH is 2. The fourth-order valence-electron chi connectivity index (χ4n) is 2.16. The minimum atomic E-state index is -0.741. The molecule has 0 aliphatic heterocycles. The minimum Gasteiger partial charge on any atom is -0.481 e. The van der Waals surface area contributed by atoms with Crippen molar-refractivity contribution < 1.29 is 20.1 Å². The van der Waals surface area contributed by atoms with Gasteiger partial charge in [0.1, 0.15) is 0 Å². The summed E-state index contributed by atoms with van der Waals surface area (Å²) < 4.78 is 0. The molecule has 0 aliphatic carbocycles. The zero-order valence-corrected chi connectivity index (χ0v) is 15.2. The highest BCUT2D eigenvalue weighted by Crippen LogP contribution is 2.31. The second kappa shape index (κ2) is 9.68. The van der Waals surface area contributed by atoms with Crippen LogP contribution < -0.4 is 0 Å². The molecule has 1 aromatic rings. The number of carboxylic acid groups (broad SMARTS) is 1. The zero-order valence-electron chi connectivity index (χ0n) is 15.2. The Hall–Kier alpha value is -1.39. The summed E-state index contributed by atoms with van der Waals surface area (Å²) in [5.74, 6) is -0.824. The van der Waals surface area contributed by atoms with E-state index in [0.717, 1.165) is 5.56 Å². The van der Waals surface area contributed by atoms with Crippen molar-refractivity contribution in [2.45, 2.75) is 60.2 Å². The van der Waals surface area contributed by atoms with Crippen LogP contribution in [0.25, 0.3) is 0 Å². The van der Waals surface area contributed by atoms with Gasteiger partial charge in [-0.15, -0.1) is 0 Å². The summed E-state index contributed by atoms with van der Waals surface area (Å²) in [6.45, 7) is 11.1. The molecular weight excluding hydrogens is 292 g/mol. The third-order valence-electron chi connectivity index (χ3n) is 4.02. The van der Waals surface area contributed by atoms with Gasteiger partial charge in [0.2, 0.25) is 0 Å². The van der Waals surface area contributed by atoms with E-state index in [1.165, 1.54) is 0 Å². The first-order valence-corrected chi connectivity index (χ1v) is 8.13. The van der Waals surface area contributed by atoms with Gasteiger partial charge in [-0.3, -0.25) is 4.79 Å². The lowest BCUT2D eigenvalue weighted by molar-refractivity contribution is -0.140. The van der Waals surface area contributed by atoms with E-state index < -0.39 is 23.6 Å². The second-order valence-corrected chi connectivity index (χ2v) is 7.21. The molecule has 0 spiro atoms. The second-order valence-electron chi connectivity index (χ2n) is 7.21. The number of rotatable bonds is 6. The molecule has 3 N–H and O–H groups in total. The summed E-state index contributed by atoms with van der Waals surface area (Å²) in [6.07, 6.45) is -0.457. The zero-order chi connectivity index (χ0) is 18.2. The number of hydrogen-bond acceptors (Lipinski definition) is 3. The van der Waals surface area contributed by atoms with Crippen LogP contribution in [-0.2, 0) is 11.2 Å². The van der Waals surface area contributed by atoms with Crippen LogP contribution in [0.15, 0.2) is 30.3 Å². The molecule has 2 atom stereocenters. The summed E-state index contributed by atoms with van der Waals surface area (Å²) >= 11 is 0. The van der Waals surface area contributed by atoms with E-state index in [2.05, 4.69) is 0 Å². The lowest BCUT2D eigenvalue weighted by Gasteiger charge is -2.37. The molecule has 0 saturated heterocycles. The quantitative estimate of drug-likeness (QED) is 0.750. The molecule has 0 heterocycles. The molecule has 23 heavy (non-hydrogen) atoms. The van der Waals surface area contributed by atoms with Crippen molar-refractivity contribution >= 4 is 5.97 Å². The molecule has 132 valence electrons. The van der Waals surface area contributed by atoms with Gasteiger partial charge in [0.25, 0.3) is 0 Å². The monoisotopic (exact) mass is 324 g/mol. The highest BCUT2D eigenvalue weighted by atomic mass is 16.4. The van der Waals surface area contributed by atoms with Crippen LogP contribution in [0, 0.1) is 17.3 Å². The van der Waals surface area contributed by atoms with E-state index in [9.17, 15) is 15.0 Å². The first kappa shape index (κ1) is 21.6. The number of hydrogen-bond donors (Lipinski definition) is 3. The van der Waals surface area contributed by atoms with Crippen LogP contribution in [0.4, 0.5) is 0 Å². The fraction of sp³-hybridized carbons (Fsp3) is 0.632. The van der Waals surface area contributed by atoms with Crippen molar-refractivity contribution in [3.8, 4) is 0 Å². The largest absolute Gasteiger partial charge is 0.481 e. The standard InChI is InChI=1S/C15H24O2.C4H8O2/c1-11(2)14(17)15(3,4)13(16)10-12-8-6-5-7-9-12;1-3(2)4(5)6/h5-9,11,13-14,16-17H,10H2,1-4H3;3H,1-2H3,(H,5,6). The van der Waals surface area contributed by atoms with E-state index >= 15 is 0 Å². The van der Waals surface area contributed by atoms with E-state index in [1.54, 1.807) is 13.8 Å². The highest BCUT2D eigenvalue weighted by Gasteiger charge is 2.36. The first-order chi connectivity index (χ1) is 10.5. The van der Waals surface area contributed by atoms with E-state index in [4.69, 9.17) is 5.11 Å². The van der Waals surface area contributed by atoms with Gasteiger partial charge in [0, 0.05) is 5.41 Å². The van der Waals surface area contributed by atoms with E-state index in [-0.39, 0.29) is 11.8 Å². The average Bonchev–Trinajstić information content (AvgIpc) is 2.47. The van der Waals surface area contributed by atoms with Crippen LogP contribution in [0.5, 0.6) is 0 Å². The molecule has 0 aliphatic rings. The normalized spacial score (nSPS) is 14.2. The molecule has 0 saturated carbocycles. The van der Waals surface area contributed by atoms with Crippen LogP contribution in [0.2, 0.25) is 0 Å². The van der Waals surface area contributed by atoms with Gasteiger partial charge in [-0.25, -0.2) is 0 Å². The van der Waals surface area contributed by atoms with Gasteiger partial charge in [-0.2, -0.15) is 0 Å². The summed E-state index contributed by atoms with van der Waals surface area (Å²) in [7, 11) is 0. The smallest absolute Gasteiger partial charge is 0.305 e. The predicted molar refractivity (Wildman–Crippen MR) is 93.3 cm³/mol. The third kappa shape index (κ3) is 7.62. The third-order valence-corrected chi connectivity index (χ3v) is 4.02. The topological polar surface area (TPSA) is 77.8 Å². The van der Waals surface area contributed by atoms with Gasteiger partial charge in [-0.1, -0.05) is 71.9 Å². The lowest BCUT2D eigenvalue weighted by Crippen LogP contribution is -2.44. The number of carboxylic acids is 1. The summed E-state index contributed by atoms with van der Waals surface area (Å²) in [5, 5.41) is 28.4. The summed E-state index contributed by atoms with van der Waals surface area (Å²) in [5.41, 5.74) is 0.605. The maximum Gasteiger partial charge on any atom is 0.305 e. The Morgan fingerprint density at radius 2 is 1.48 bits per heavy atom. The van der Waals surface area contributed by atoms with Crippen molar-refractivity contribution in [1.29, 1.82) is 0 Å². The van der Waals surface area contributed by atoms with Crippen molar-refractivity contribution in [1.82, 2.24) is 0 Å². The molecule has 2 unspecified atom stereocenters. The van der Waals surface area contributed by atoms with Gasteiger partial charge < -0.3 is 15.3 Å². The Morgan fingerprint density at radius 3 is 1.83 bits per heavy atom. The van der Waals surface area contributed by atoms with Gasteiger partial charge >= 0.3 is 5.97 Å². The minimum absolute atomic E-state index is 0.149. The maximum absolute atomic E-state index is 10.3. The number of aliphatic hydroxyl groups is 2. The molecule has 0 bridgehead atoms. The molecule has 1 rings (SSSR count). The van der Waals surface area contributed by atoms with Crippen molar-refractivity contribution in [2.24, 2.45) is 17.3 Å². The van der Waals surface area contributed by atoms with E-state index in [0.29, 0.717) is 6.42 Å². The molecule has 0 fully saturated rings. The SMILES string of the molecule is CC(C)C(=O)O.CC(C)C(O)C(C)(C)C(O)Cc1ccccc1. The molecular formula is C19H32O4. The van der Waals surface area contributed by atoms with Crippen molar-refractivity contribution in [2.75, 3.05) is 0 Å². The number of carbonyl (C=O) groups is 1. The lowest BCUT2D eigenvalue weighted by atomic mass is 9.74. The van der Waals surface area contributed by atoms with Crippen LogP contribution >= 0.6 is 0 Å². The van der Waals surface area contributed by atoms with E-state index in [1.807, 2.05) is 58.0 Å². The Kier molecular flexibility index (Phi) is 9.10. The fourth-order valence-corrected chi connectivity index (χ4v) is 2.16. The molecule has 0 amide bonds. The van der Waals surface area contributed by atoms with Gasteiger partial charge in [-0.05, 0) is 17.9 Å². The molecule has 4 nitrogen and oxygen atoms in total. The van der Waals surface area contributed by atoms with Crippen LogP contribution in [0.1, 0.15) is 47.1 Å². The predicted octanol–water partition coefficient (Wildman–Crippen LogP) is 3.36. The Morgan fingerprint density at radius 1 is 1.04 bits per heavy atom. The van der Waals surface area contributed by atoms with Crippen molar-refractivity contribution in [3.63, 3.8) is 0 Å². The summed E-state index contributed by atoms with van der Waals surface area (Å²) in [6, 6.07) is 9.90. The van der Waals surface area contributed by atoms with Crippen molar-refractivity contribution in [3.05, 3.63) is 35.9 Å². The average molecular weight is 324 g/mol. The van der Waals surface area contributed by atoms with Crippen LogP contribution in [-0.4, -0.2) is 33.5 Å². The summed E-state index contributed by atoms with van der Waals surface area (Å²) in [4.78, 5) is 9.70. The Bertz CT molecular complexity index is 452. The first-order valence-electron chi connectivity index (χ1n) is 8.13. The number of aliphatic carboxylic acids is 1. The Balaban J connectivity index is 0.000000688. The van der Waals surface area contributed by atoms with Gasteiger partial charge in [0.05, 0.1) is 18.1 Å². The molecule has 4 heteroatoms. The maximum atomic E-state index is 10.3. The highest BCUT2D eigenvalue weighted by molar-refractivity contribution is 5.68. The van der Waals surface area contributed by atoms with Crippen LogP contribution in [0.3, 0.4) is 0 Å².